The van der Waals surface area contributed by atoms with Crippen LogP contribution in [-0.2, 0) is 0 Å². The molecular weight excluding hydrogens is 661 g/mol. The lowest BCUT2D eigenvalue weighted by Gasteiger charge is -2.21. The summed E-state index contributed by atoms with van der Waals surface area (Å²) in [6.07, 6.45) is 2.08. The average Bonchev–Trinajstić information content (AvgIpc) is 3.86. The van der Waals surface area contributed by atoms with Crippen LogP contribution in [0.2, 0.25) is 0 Å². The lowest BCUT2D eigenvalue weighted by atomic mass is 9.98. The van der Waals surface area contributed by atoms with Crippen LogP contribution in [0.4, 0.5) is 0 Å². The van der Waals surface area contributed by atoms with Crippen molar-refractivity contribution in [3.8, 4) is 34.1 Å². The quantitative estimate of drug-likeness (QED) is 0.180. The van der Waals surface area contributed by atoms with Crippen molar-refractivity contribution in [3.63, 3.8) is 0 Å². The van der Waals surface area contributed by atoms with Crippen LogP contribution in [0, 0.1) is 6.92 Å². The van der Waals surface area contributed by atoms with E-state index in [2.05, 4.69) is 185 Å². The van der Waals surface area contributed by atoms with Crippen molar-refractivity contribution in [2.45, 2.75) is 6.92 Å². The first-order chi connectivity index (χ1) is 26.7. The summed E-state index contributed by atoms with van der Waals surface area (Å²) in [5.41, 5.74) is 12.4. The highest BCUT2D eigenvalue weighted by molar-refractivity contribution is 6.12. The van der Waals surface area contributed by atoms with Gasteiger partial charge in [0.1, 0.15) is 11.6 Å². The Balaban J connectivity index is 1.24. The Bertz CT molecular complexity index is 3050. The van der Waals surface area contributed by atoms with Crippen molar-refractivity contribution in [2.24, 2.45) is 0 Å². The highest BCUT2D eigenvalue weighted by Gasteiger charge is 2.23. The fourth-order valence-electron chi connectivity index (χ4n) is 8.79. The molecule has 0 radical (unpaired) electrons. The van der Waals surface area contributed by atoms with Gasteiger partial charge in [0.2, 0.25) is 0 Å². The molecule has 7 aromatic carbocycles. The predicted octanol–water partition coefficient (Wildman–Crippen LogP) is 12.4. The second-order valence-corrected chi connectivity index (χ2v) is 14.0. The van der Waals surface area contributed by atoms with E-state index in [4.69, 9.17) is 9.72 Å². The molecule has 0 spiro atoms. The number of methoxy groups -OCH3 is 1. The third kappa shape index (κ3) is 4.30. The van der Waals surface area contributed by atoms with Crippen LogP contribution in [0.3, 0.4) is 0 Å². The molecule has 0 aliphatic heterocycles. The van der Waals surface area contributed by atoms with E-state index in [-0.39, 0.29) is 0 Å². The van der Waals surface area contributed by atoms with E-state index in [9.17, 15) is 0 Å². The number of fused-ring (bicyclic) bond motifs is 9. The predicted molar refractivity (Wildman–Crippen MR) is 224 cm³/mol. The maximum absolute atomic E-state index is 5.69. The highest BCUT2D eigenvalue weighted by Crippen LogP contribution is 2.43. The van der Waals surface area contributed by atoms with Crippen LogP contribution in [0.15, 0.2) is 170 Å². The summed E-state index contributed by atoms with van der Waals surface area (Å²) in [4.78, 5) is 5.31. The molecule has 0 bridgehead atoms. The molecule has 0 saturated heterocycles. The van der Waals surface area contributed by atoms with Crippen LogP contribution < -0.4 is 4.74 Å². The molecule has 0 saturated carbocycles. The normalized spacial score (nSPS) is 11.9. The maximum Gasteiger partial charge on any atom is 0.137 e. The van der Waals surface area contributed by atoms with E-state index in [0.717, 1.165) is 50.7 Å². The van der Waals surface area contributed by atoms with E-state index in [1.165, 1.54) is 54.4 Å². The van der Waals surface area contributed by atoms with E-state index >= 15 is 0 Å². The Morgan fingerprint density at radius 2 is 0.852 bits per heavy atom. The fourth-order valence-corrected chi connectivity index (χ4v) is 8.79. The van der Waals surface area contributed by atoms with Gasteiger partial charge in [0.05, 0.1) is 51.6 Å². The van der Waals surface area contributed by atoms with Gasteiger partial charge in [-0.25, -0.2) is 4.98 Å². The molecule has 54 heavy (non-hydrogen) atoms. The van der Waals surface area contributed by atoms with Crippen LogP contribution in [0.25, 0.3) is 93.7 Å². The summed E-state index contributed by atoms with van der Waals surface area (Å²) >= 11 is 0. The molecule has 0 aliphatic carbocycles. The molecular formula is C49H34N4O. The van der Waals surface area contributed by atoms with Gasteiger partial charge in [-0.2, -0.15) is 0 Å². The van der Waals surface area contributed by atoms with Gasteiger partial charge in [0.25, 0.3) is 0 Å². The van der Waals surface area contributed by atoms with Gasteiger partial charge in [-0.05, 0) is 73.2 Å². The van der Waals surface area contributed by atoms with Gasteiger partial charge in [0, 0.05) is 55.7 Å². The Morgan fingerprint density at radius 3 is 1.30 bits per heavy atom. The third-order valence-corrected chi connectivity index (χ3v) is 11.1. The Labute approximate surface area is 311 Å². The Morgan fingerprint density at radius 1 is 0.426 bits per heavy atom. The third-order valence-electron chi connectivity index (χ3n) is 11.1. The van der Waals surface area contributed by atoms with Crippen LogP contribution in [-0.4, -0.2) is 25.8 Å². The summed E-state index contributed by atoms with van der Waals surface area (Å²) in [5, 5.41) is 7.27. The molecule has 5 heteroatoms. The standard InChI is InChI=1S/C49H34N4O/c1-31-28-48(53-44-23-12-7-18-37(44)38-27-26-32(54-2)29-47(38)53)50-30-39(31)49-45(51-40-19-8-3-14-33(40)34-15-4-9-20-41(34)51)24-13-25-46(49)52-42-21-10-5-16-35(42)36-17-6-11-22-43(36)52/h3-30H,1-2H3. The Hall–Kier alpha value is -7.11. The number of aromatic nitrogens is 4. The number of aryl methyl sites for hydroxylation is 1. The number of ether oxygens (including phenoxy) is 1. The zero-order valence-electron chi connectivity index (χ0n) is 29.9. The SMILES string of the molecule is COc1ccc2c3ccccc3n(-c3cc(C)c(-c4c(-n5c6ccccc6c6ccccc65)cccc4-n4c5ccccc5c5ccccc54)cn3)c2c1. The van der Waals surface area contributed by atoms with Gasteiger partial charge in [-0.3, -0.25) is 4.57 Å². The lowest BCUT2D eigenvalue weighted by molar-refractivity contribution is 0.415. The summed E-state index contributed by atoms with van der Waals surface area (Å²) in [5.74, 6) is 1.68. The second-order valence-electron chi connectivity index (χ2n) is 14.0. The zero-order valence-corrected chi connectivity index (χ0v) is 29.9. The van der Waals surface area contributed by atoms with Gasteiger partial charge in [-0.1, -0.05) is 97.1 Å². The summed E-state index contributed by atoms with van der Waals surface area (Å²) in [6.45, 7) is 2.22. The largest absolute Gasteiger partial charge is 0.497 e. The first kappa shape index (κ1) is 30.5. The summed E-state index contributed by atoms with van der Waals surface area (Å²) in [7, 11) is 1.72. The van der Waals surface area contributed by atoms with Crippen LogP contribution >= 0.6 is 0 Å². The molecule has 5 nitrogen and oxygen atoms in total. The molecule has 0 fully saturated rings. The number of nitrogens with zero attached hydrogens (tertiary/aromatic N) is 4. The topological polar surface area (TPSA) is 36.9 Å². The number of rotatable bonds is 5. The van der Waals surface area contributed by atoms with Crippen molar-refractivity contribution in [1.29, 1.82) is 0 Å². The Kier molecular flexibility index (Phi) is 6.61. The molecule has 4 aromatic heterocycles. The van der Waals surface area contributed by atoms with E-state index in [0.29, 0.717) is 0 Å². The van der Waals surface area contributed by atoms with E-state index in [1.807, 2.05) is 6.07 Å². The molecule has 0 N–H and O–H groups in total. The van der Waals surface area contributed by atoms with Crippen molar-refractivity contribution in [3.05, 3.63) is 176 Å². The molecule has 11 aromatic rings. The first-order valence-electron chi connectivity index (χ1n) is 18.3. The van der Waals surface area contributed by atoms with Crippen LogP contribution in [0.5, 0.6) is 5.75 Å². The zero-order chi connectivity index (χ0) is 35.9. The number of hydrogen-bond donors (Lipinski definition) is 0. The highest BCUT2D eigenvalue weighted by atomic mass is 16.5. The van der Waals surface area contributed by atoms with Crippen molar-refractivity contribution >= 4 is 65.4 Å². The van der Waals surface area contributed by atoms with Crippen molar-refractivity contribution in [2.75, 3.05) is 7.11 Å². The minimum atomic E-state index is 0.816. The molecule has 0 aliphatic rings. The van der Waals surface area contributed by atoms with Gasteiger partial charge in [-0.15, -0.1) is 0 Å². The molecule has 256 valence electrons. The van der Waals surface area contributed by atoms with Crippen molar-refractivity contribution in [1.82, 2.24) is 18.7 Å². The first-order valence-corrected chi connectivity index (χ1v) is 18.3. The minimum absolute atomic E-state index is 0.816. The number of benzene rings is 7. The van der Waals surface area contributed by atoms with Gasteiger partial charge >= 0.3 is 0 Å². The smallest absolute Gasteiger partial charge is 0.137 e. The second kappa shape index (κ2) is 11.7. The summed E-state index contributed by atoms with van der Waals surface area (Å²) in [6, 6.07) is 58.7. The molecule has 0 atom stereocenters. The molecule has 0 unspecified atom stereocenters. The number of pyridine rings is 1. The average molecular weight is 695 g/mol. The van der Waals surface area contributed by atoms with Crippen molar-refractivity contribution < 1.29 is 4.74 Å². The van der Waals surface area contributed by atoms with Gasteiger partial charge in [0.15, 0.2) is 0 Å². The molecule has 0 amide bonds. The van der Waals surface area contributed by atoms with E-state index in [1.54, 1.807) is 7.11 Å². The number of hydrogen-bond acceptors (Lipinski definition) is 2. The molecule has 4 heterocycles. The lowest BCUT2D eigenvalue weighted by Crippen LogP contribution is -2.05. The molecule has 11 rings (SSSR count). The maximum atomic E-state index is 5.69. The number of para-hydroxylation sites is 5. The minimum Gasteiger partial charge on any atom is -0.497 e. The van der Waals surface area contributed by atoms with Gasteiger partial charge < -0.3 is 13.9 Å². The fraction of sp³-hybridized carbons (Fsp3) is 0.0408. The van der Waals surface area contributed by atoms with Crippen LogP contribution in [0.1, 0.15) is 5.56 Å². The summed E-state index contributed by atoms with van der Waals surface area (Å²) < 4.78 is 12.8. The monoisotopic (exact) mass is 694 g/mol. The van der Waals surface area contributed by atoms with E-state index < -0.39 is 0 Å².